The number of aromatic nitrogens is 1. The Morgan fingerprint density at radius 3 is 2.79 bits per heavy atom. The summed E-state index contributed by atoms with van der Waals surface area (Å²) in [5.74, 6) is 0.0339. The summed E-state index contributed by atoms with van der Waals surface area (Å²) in [4.78, 5) is 4.08. The van der Waals surface area contributed by atoms with E-state index in [2.05, 4.69) is 9.71 Å². The quantitative estimate of drug-likeness (QED) is 0.492. The van der Waals surface area contributed by atoms with E-state index < -0.39 is 16.1 Å². The first-order valence-electron chi connectivity index (χ1n) is 6.22. The van der Waals surface area contributed by atoms with Crippen LogP contribution < -0.4 is 10.5 Å². The molecule has 0 saturated heterocycles. The Morgan fingerprint density at radius 2 is 2.26 bits per heavy atom. The van der Waals surface area contributed by atoms with E-state index in [1.807, 2.05) is 6.07 Å². The molecule has 1 atom stereocenters. The van der Waals surface area contributed by atoms with Gasteiger partial charge in [0.05, 0.1) is 11.8 Å². The molecule has 1 fully saturated rings. The number of rotatable bonds is 7. The van der Waals surface area contributed by atoms with Crippen molar-refractivity contribution >= 4 is 15.9 Å². The van der Waals surface area contributed by atoms with Gasteiger partial charge in [-0.3, -0.25) is 10.4 Å². The summed E-state index contributed by atoms with van der Waals surface area (Å²) in [6.07, 6.45) is 3.84. The normalized spacial score (nSPS) is 17.1. The Kier molecular flexibility index (Phi) is 4.16. The monoisotopic (exact) mass is 282 g/mol. The molecular formula is C12H18N4O2S. The maximum atomic E-state index is 12.0. The van der Waals surface area contributed by atoms with Gasteiger partial charge in [0.1, 0.15) is 5.84 Å². The summed E-state index contributed by atoms with van der Waals surface area (Å²) in [5, 5.41) is 7.44. The third kappa shape index (κ3) is 4.29. The molecule has 0 amide bonds. The van der Waals surface area contributed by atoms with Crippen molar-refractivity contribution in [3.8, 4) is 0 Å². The largest absolute Gasteiger partial charge is 0.386 e. The average Bonchev–Trinajstić information content (AvgIpc) is 3.19. The molecule has 1 aromatic rings. The summed E-state index contributed by atoms with van der Waals surface area (Å²) in [6, 6.07) is 4.85. The fraction of sp³-hybridized carbons (Fsp3) is 0.500. The van der Waals surface area contributed by atoms with Crippen LogP contribution in [0.2, 0.25) is 0 Å². The van der Waals surface area contributed by atoms with Gasteiger partial charge in [-0.2, -0.15) is 0 Å². The summed E-state index contributed by atoms with van der Waals surface area (Å²) >= 11 is 0. The molecule has 0 aromatic carbocycles. The number of hydrogen-bond donors (Lipinski definition) is 3. The van der Waals surface area contributed by atoms with Crippen molar-refractivity contribution in [3.05, 3.63) is 30.1 Å². The maximum Gasteiger partial charge on any atom is 0.212 e. The zero-order chi connectivity index (χ0) is 13.9. The Balaban J connectivity index is 1.93. The molecule has 1 aliphatic carbocycles. The minimum absolute atomic E-state index is 0.0412. The molecule has 1 unspecified atom stereocenters. The second-order valence-electron chi connectivity index (χ2n) is 4.78. The van der Waals surface area contributed by atoms with Crippen LogP contribution in [0.3, 0.4) is 0 Å². The number of nitrogens with zero attached hydrogens (tertiary/aromatic N) is 1. The van der Waals surface area contributed by atoms with E-state index in [1.54, 1.807) is 18.3 Å². The molecular weight excluding hydrogens is 264 g/mol. The van der Waals surface area contributed by atoms with Crippen molar-refractivity contribution in [2.24, 2.45) is 11.7 Å². The predicted octanol–water partition coefficient (Wildman–Crippen LogP) is 0.258. The van der Waals surface area contributed by atoms with Crippen LogP contribution in [0, 0.1) is 11.3 Å². The van der Waals surface area contributed by atoms with Crippen molar-refractivity contribution in [1.29, 1.82) is 5.41 Å². The Morgan fingerprint density at radius 1 is 1.53 bits per heavy atom. The summed E-state index contributed by atoms with van der Waals surface area (Å²) in [7, 11) is -3.44. The fourth-order valence-electron chi connectivity index (χ4n) is 1.88. The highest BCUT2D eigenvalue weighted by atomic mass is 32.2. The molecule has 1 aromatic heterocycles. The Bertz CT molecular complexity index is 540. The van der Waals surface area contributed by atoms with Gasteiger partial charge in [-0.05, 0) is 30.9 Å². The van der Waals surface area contributed by atoms with Crippen LogP contribution in [0.1, 0.15) is 18.5 Å². The summed E-state index contributed by atoms with van der Waals surface area (Å²) < 4.78 is 26.4. The highest BCUT2D eigenvalue weighted by Gasteiger charge is 2.35. The first-order chi connectivity index (χ1) is 8.98. The number of amidine groups is 1. The van der Waals surface area contributed by atoms with E-state index in [1.165, 1.54) is 0 Å². The van der Waals surface area contributed by atoms with Crippen LogP contribution in [0.5, 0.6) is 0 Å². The first kappa shape index (κ1) is 14.0. The van der Waals surface area contributed by atoms with Crippen LogP contribution in [0.15, 0.2) is 24.4 Å². The van der Waals surface area contributed by atoms with Gasteiger partial charge in [0.25, 0.3) is 0 Å². The third-order valence-corrected chi connectivity index (χ3v) is 4.44. The number of hydrogen-bond acceptors (Lipinski definition) is 4. The van der Waals surface area contributed by atoms with Crippen molar-refractivity contribution in [3.63, 3.8) is 0 Å². The van der Waals surface area contributed by atoms with Crippen molar-refractivity contribution in [1.82, 2.24) is 9.71 Å². The lowest BCUT2D eigenvalue weighted by molar-refractivity contribution is 0.562. The van der Waals surface area contributed by atoms with Crippen molar-refractivity contribution < 1.29 is 8.42 Å². The van der Waals surface area contributed by atoms with Gasteiger partial charge in [-0.1, -0.05) is 6.07 Å². The molecule has 1 aliphatic rings. The Hall–Kier alpha value is -1.47. The van der Waals surface area contributed by atoms with Gasteiger partial charge in [-0.15, -0.1) is 0 Å². The van der Waals surface area contributed by atoms with Gasteiger partial charge in [0.15, 0.2) is 0 Å². The number of aryl methyl sites for hydroxylation is 1. The number of pyridine rings is 1. The molecule has 1 saturated carbocycles. The van der Waals surface area contributed by atoms with Gasteiger partial charge in [-0.25, -0.2) is 13.1 Å². The van der Waals surface area contributed by atoms with E-state index in [0.717, 1.165) is 18.5 Å². The van der Waals surface area contributed by atoms with Crippen LogP contribution in [-0.4, -0.2) is 31.0 Å². The molecule has 0 bridgehead atoms. The molecule has 2 rings (SSSR count). The zero-order valence-electron chi connectivity index (χ0n) is 10.5. The van der Waals surface area contributed by atoms with Crippen LogP contribution in [-0.2, 0) is 16.4 Å². The van der Waals surface area contributed by atoms with Crippen LogP contribution >= 0.6 is 0 Å². The number of nitrogens with one attached hydrogen (secondary N) is 2. The smallest absolute Gasteiger partial charge is 0.212 e. The molecule has 6 nitrogen and oxygen atoms in total. The van der Waals surface area contributed by atoms with E-state index in [-0.39, 0.29) is 17.5 Å². The van der Waals surface area contributed by atoms with E-state index in [9.17, 15) is 8.42 Å². The Labute approximate surface area is 113 Å². The zero-order valence-corrected chi connectivity index (χ0v) is 11.4. The second kappa shape index (κ2) is 5.66. The van der Waals surface area contributed by atoms with Crippen molar-refractivity contribution in [2.75, 3.05) is 5.75 Å². The van der Waals surface area contributed by atoms with E-state index in [0.29, 0.717) is 6.42 Å². The van der Waals surface area contributed by atoms with Crippen molar-refractivity contribution in [2.45, 2.75) is 25.3 Å². The molecule has 19 heavy (non-hydrogen) atoms. The van der Waals surface area contributed by atoms with Gasteiger partial charge >= 0.3 is 0 Å². The number of nitrogens with two attached hydrogens (primary N) is 1. The molecule has 0 aliphatic heterocycles. The lowest BCUT2D eigenvalue weighted by Crippen LogP contribution is -2.46. The molecule has 104 valence electrons. The predicted molar refractivity (Wildman–Crippen MR) is 73.3 cm³/mol. The maximum absolute atomic E-state index is 12.0. The van der Waals surface area contributed by atoms with Gasteiger partial charge in [0, 0.05) is 18.3 Å². The van der Waals surface area contributed by atoms with Gasteiger partial charge in [0.2, 0.25) is 10.0 Å². The van der Waals surface area contributed by atoms with Crippen LogP contribution in [0.25, 0.3) is 0 Å². The highest BCUT2D eigenvalue weighted by molar-refractivity contribution is 7.89. The highest BCUT2D eigenvalue weighted by Crippen LogP contribution is 2.32. The lowest BCUT2D eigenvalue weighted by atomic mass is 10.2. The van der Waals surface area contributed by atoms with E-state index in [4.69, 9.17) is 11.1 Å². The minimum atomic E-state index is -3.44. The van der Waals surface area contributed by atoms with Crippen LogP contribution in [0.4, 0.5) is 0 Å². The third-order valence-electron chi connectivity index (χ3n) is 3.09. The molecule has 0 radical (unpaired) electrons. The molecule has 1 heterocycles. The minimum Gasteiger partial charge on any atom is -0.386 e. The molecule has 7 heteroatoms. The SMILES string of the molecule is N=C(N)C(NS(=O)(=O)CCc1ccccn1)C1CC1. The van der Waals surface area contributed by atoms with E-state index >= 15 is 0 Å². The molecule has 0 spiro atoms. The second-order valence-corrected chi connectivity index (χ2v) is 6.65. The first-order valence-corrected chi connectivity index (χ1v) is 7.87. The summed E-state index contributed by atoms with van der Waals surface area (Å²) in [5.41, 5.74) is 6.17. The number of sulfonamides is 1. The molecule has 4 N–H and O–H groups in total. The average molecular weight is 282 g/mol. The topological polar surface area (TPSA) is 109 Å². The fourth-order valence-corrected chi connectivity index (χ4v) is 3.18. The summed E-state index contributed by atoms with van der Waals surface area (Å²) in [6.45, 7) is 0. The standard InChI is InChI=1S/C12H18N4O2S/c13-12(14)11(9-4-5-9)16-19(17,18)8-6-10-3-1-2-7-15-10/h1-3,7,9,11,16H,4-6,8H2,(H3,13,14). The lowest BCUT2D eigenvalue weighted by Gasteiger charge is -2.16. The van der Waals surface area contributed by atoms with Gasteiger partial charge < -0.3 is 5.73 Å².